The predicted molar refractivity (Wildman–Crippen MR) is 64.8 cm³/mol. The van der Waals surface area contributed by atoms with Crippen LogP contribution in [0.15, 0.2) is 30.3 Å². The second kappa shape index (κ2) is 5.70. The van der Waals surface area contributed by atoms with Crippen molar-refractivity contribution in [1.82, 2.24) is 0 Å². The maximum Gasteiger partial charge on any atom is 0.308 e. The molecule has 2 unspecified atom stereocenters. The maximum atomic E-state index is 11.6. The van der Waals surface area contributed by atoms with E-state index >= 15 is 0 Å². The summed E-state index contributed by atoms with van der Waals surface area (Å²) in [5.41, 5.74) is 0.733. The van der Waals surface area contributed by atoms with Crippen LogP contribution in [0.25, 0.3) is 0 Å². The van der Waals surface area contributed by atoms with Gasteiger partial charge in [-0.3, -0.25) is 9.59 Å². The van der Waals surface area contributed by atoms with E-state index in [0.717, 1.165) is 5.56 Å². The van der Waals surface area contributed by atoms with Crippen molar-refractivity contribution < 1.29 is 14.7 Å². The summed E-state index contributed by atoms with van der Waals surface area (Å²) in [6.45, 7) is 1.41. The molecular formula is C12H14O3S. The minimum Gasteiger partial charge on any atom is -0.481 e. The van der Waals surface area contributed by atoms with E-state index in [2.05, 4.69) is 12.6 Å². The van der Waals surface area contributed by atoms with E-state index in [9.17, 15) is 9.59 Å². The molecule has 0 aliphatic heterocycles. The molecule has 0 spiro atoms. The normalized spacial score (nSPS) is 14.1. The Morgan fingerprint density at radius 1 is 1.31 bits per heavy atom. The van der Waals surface area contributed by atoms with Crippen LogP contribution in [0.1, 0.15) is 18.4 Å². The predicted octanol–water partition coefficient (Wildman–Crippen LogP) is 1.99. The summed E-state index contributed by atoms with van der Waals surface area (Å²) < 4.78 is 0. The number of ketones is 1. The zero-order valence-electron chi connectivity index (χ0n) is 8.96. The molecule has 1 rings (SSSR count). The van der Waals surface area contributed by atoms with Crippen LogP contribution in [0.5, 0.6) is 0 Å². The quantitative estimate of drug-likeness (QED) is 0.771. The minimum atomic E-state index is -0.987. The molecule has 4 heteroatoms. The van der Waals surface area contributed by atoms with Crippen LogP contribution < -0.4 is 0 Å². The number of carbonyl (C=O) groups is 2. The molecule has 0 radical (unpaired) electrons. The van der Waals surface area contributed by atoms with Crippen molar-refractivity contribution in [2.75, 3.05) is 5.75 Å². The zero-order chi connectivity index (χ0) is 12.1. The maximum absolute atomic E-state index is 11.6. The van der Waals surface area contributed by atoms with Crippen molar-refractivity contribution in [3.63, 3.8) is 0 Å². The van der Waals surface area contributed by atoms with Crippen LogP contribution in [0.3, 0.4) is 0 Å². The first-order valence-electron chi connectivity index (χ1n) is 4.97. The van der Waals surface area contributed by atoms with E-state index in [0.29, 0.717) is 0 Å². The van der Waals surface area contributed by atoms with Gasteiger partial charge in [0, 0.05) is 5.75 Å². The van der Waals surface area contributed by atoms with Crippen molar-refractivity contribution >= 4 is 24.4 Å². The number of carboxylic acids is 1. The van der Waals surface area contributed by atoms with Crippen LogP contribution >= 0.6 is 12.6 Å². The monoisotopic (exact) mass is 238 g/mol. The highest BCUT2D eigenvalue weighted by atomic mass is 32.1. The molecular weight excluding hydrogens is 224 g/mol. The molecule has 0 saturated carbocycles. The van der Waals surface area contributed by atoms with Crippen molar-refractivity contribution in [1.29, 1.82) is 0 Å². The standard InChI is InChI=1S/C12H14O3S/c1-8(13)11(10(7-16)12(14)15)9-5-3-2-4-6-9/h2-6,10-11,16H,7H2,1H3,(H,14,15). The summed E-state index contributed by atoms with van der Waals surface area (Å²) in [6, 6.07) is 8.96. The molecule has 2 atom stereocenters. The fraction of sp³-hybridized carbons (Fsp3) is 0.333. The van der Waals surface area contributed by atoms with Crippen LogP contribution in [-0.2, 0) is 9.59 Å². The summed E-state index contributed by atoms with van der Waals surface area (Å²) in [4.78, 5) is 22.6. The van der Waals surface area contributed by atoms with Gasteiger partial charge in [-0.05, 0) is 12.5 Å². The fourth-order valence-electron chi connectivity index (χ4n) is 1.74. The lowest BCUT2D eigenvalue weighted by molar-refractivity contribution is -0.143. The molecule has 1 aromatic rings. The van der Waals surface area contributed by atoms with Crippen molar-refractivity contribution in [3.05, 3.63) is 35.9 Å². The summed E-state index contributed by atoms with van der Waals surface area (Å²) in [5, 5.41) is 9.05. The number of carboxylic acid groups (broad SMARTS) is 1. The molecule has 0 saturated heterocycles. The molecule has 0 amide bonds. The van der Waals surface area contributed by atoms with Gasteiger partial charge in [-0.15, -0.1) is 0 Å². The van der Waals surface area contributed by atoms with Gasteiger partial charge < -0.3 is 5.11 Å². The molecule has 86 valence electrons. The third-order valence-corrected chi connectivity index (χ3v) is 2.91. The van der Waals surface area contributed by atoms with Gasteiger partial charge in [0.2, 0.25) is 0 Å². The van der Waals surface area contributed by atoms with Gasteiger partial charge in [-0.1, -0.05) is 30.3 Å². The molecule has 16 heavy (non-hydrogen) atoms. The lowest BCUT2D eigenvalue weighted by atomic mass is 9.84. The highest BCUT2D eigenvalue weighted by Gasteiger charge is 2.31. The molecule has 1 N–H and O–H groups in total. The number of Topliss-reactive ketones (excluding diaryl/α,β-unsaturated/α-hetero) is 1. The first-order chi connectivity index (χ1) is 7.57. The van der Waals surface area contributed by atoms with E-state index in [1.54, 1.807) is 24.3 Å². The van der Waals surface area contributed by atoms with Gasteiger partial charge in [-0.25, -0.2) is 0 Å². The summed E-state index contributed by atoms with van der Waals surface area (Å²) >= 11 is 4.01. The molecule has 0 aliphatic carbocycles. The largest absolute Gasteiger partial charge is 0.481 e. The zero-order valence-corrected chi connectivity index (χ0v) is 9.85. The van der Waals surface area contributed by atoms with Crippen LogP contribution in [0, 0.1) is 5.92 Å². The minimum absolute atomic E-state index is 0.146. The highest BCUT2D eigenvalue weighted by Crippen LogP contribution is 2.27. The Kier molecular flexibility index (Phi) is 4.55. The van der Waals surface area contributed by atoms with Gasteiger partial charge in [0.25, 0.3) is 0 Å². The Morgan fingerprint density at radius 2 is 1.88 bits per heavy atom. The van der Waals surface area contributed by atoms with Crippen molar-refractivity contribution in [2.24, 2.45) is 5.92 Å². The average molecular weight is 238 g/mol. The molecule has 3 nitrogen and oxygen atoms in total. The molecule has 0 bridgehead atoms. The Labute approximate surface area is 99.9 Å². The molecule has 0 heterocycles. The summed E-state index contributed by atoms with van der Waals surface area (Å²) in [6.07, 6.45) is 0. The van der Waals surface area contributed by atoms with E-state index in [4.69, 9.17) is 5.11 Å². The number of rotatable bonds is 5. The molecule has 1 aromatic carbocycles. The molecule has 0 aromatic heterocycles. The average Bonchev–Trinajstić information content (AvgIpc) is 2.25. The Balaban J connectivity index is 3.09. The number of hydrogen-bond donors (Lipinski definition) is 2. The van der Waals surface area contributed by atoms with Crippen LogP contribution in [0.2, 0.25) is 0 Å². The first kappa shape index (κ1) is 12.8. The Hall–Kier alpha value is -1.29. The van der Waals surface area contributed by atoms with Gasteiger partial charge in [0.15, 0.2) is 0 Å². The second-order valence-electron chi connectivity index (χ2n) is 3.63. The van der Waals surface area contributed by atoms with Gasteiger partial charge in [-0.2, -0.15) is 12.6 Å². The van der Waals surface area contributed by atoms with E-state index < -0.39 is 17.8 Å². The summed E-state index contributed by atoms with van der Waals surface area (Å²) in [7, 11) is 0. The third-order valence-electron chi connectivity index (χ3n) is 2.51. The van der Waals surface area contributed by atoms with Crippen molar-refractivity contribution in [2.45, 2.75) is 12.8 Å². The first-order valence-corrected chi connectivity index (χ1v) is 5.60. The van der Waals surface area contributed by atoms with Crippen LogP contribution in [0.4, 0.5) is 0 Å². The van der Waals surface area contributed by atoms with Gasteiger partial charge >= 0.3 is 5.97 Å². The van der Waals surface area contributed by atoms with Crippen LogP contribution in [-0.4, -0.2) is 22.6 Å². The summed E-state index contributed by atoms with van der Waals surface area (Å²) in [5.74, 6) is -2.37. The lowest BCUT2D eigenvalue weighted by Crippen LogP contribution is -2.28. The number of hydrogen-bond acceptors (Lipinski definition) is 3. The number of aliphatic carboxylic acids is 1. The number of carbonyl (C=O) groups excluding carboxylic acids is 1. The van der Waals surface area contributed by atoms with Gasteiger partial charge in [0.05, 0.1) is 11.8 Å². The fourth-order valence-corrected chi connectivity index (χ4v) is 2.10. The number of thiol groups is 1. The van der Waals surface area contributed by atoms with Crippen molar-refractivity contribution in [3.8, 4) is 0 Å². The van der Waals surface area contributed by atoms with E-state index in [1.165, 1.54) is 6.92 Å². The lowest BCUT2D eigenvalue weighted by Gasteiger charge is -2.20. The second-order valence-corrected chi connectivity index (χ2v) is 3.99. The Morgan fingerprint density at radius 3 is 2.25 bits per heavy atom. The smallest absolute Gasteiger partial charge is 0.308 e. The number of benzene rings is 1. The Bertz CT molecular complexity index is 375. The molecule has 0 fully saturated rings. The topological polar surface area (TPSA) is 54.4 Å². The third kappa shape index (κ3) is 2.85. The highest BCUT2D eigenvalue weighted by molar-refractivity contribution is 7.80. The molecule has 0 aliphatic rings. The SMILES string of the molecule is CC(=O)C(c1ccccc1)C(CS)C(=O)O. The van der Waals surface area contributed by atoms with E-state index in [-0.39, 0.29) is 11.5 Å². The van der Waals surface area contributed by atoms with Gasteiger partial charge in [0.1, 0.15) is 5.78 Å². The van der Waals surface area contributed by atoms with E-state index in [1.807, 2.05) is 6.07 Å².